The highest BCUT2D eigenvalue weighted by Crippen LogP contribution is 2.39. The maximum Gasteiger partial charge on any atom is 0.239 e. The van der Waals surface area contributed by atoms with Crippen molar-refractivity contribution in [2.75, 3.05) is 39.5 Å². The minimum Gasteiger partial charge on any atom is -0.349 e. The normalized spacial score (nSPS) is 18.1. The van der Waals surface area contributed by atoms with Gasteiger partial charge >= 0.3 is 0 Å². The molecule has 1 heterocycles. The largest absolute Gasteiger partial charge is 0.349 e. The zero-order chi connectivity index (χ0) is 16.1. The average molecular weight is 322 g/mol. The smallest absolute Gasteiger partial charge is 0.239 e. The maximum atomic E-state index is 12.1. The van der Waals surface area contributed by atoms with Crippen molar-refractivity contribution in [2.24, 2.45) is 0 Å². The Bertz CT molecular complexity index is 548. The number of quaternary nitrogens is 1. The highest BCUT2D eigenvalue weighted by atomic mass is 32.2. The number of carbonyl (C=O) groups is 2. The van der Waals surface area contributed by atoms with Gasteiger partial charge in [0.05, 0.1) is 32.9 Å². The van der Waals surface area contributed by atoms with Gasteiger partial charge in [-0.3, -0.25) is 9.59 Å². The minimum absolute atomic E-state index is 0.0339. The Morgan fingerprint density at radius 2 is 2.14 bits per heavy atom. The molecule has 1 saturated heterocycles. The molecule has 1 aliphatic rings. The number of aryl methyl sites for hydroxylation is 1. The molecule has 1 fully saturated rings. The van der Waals surface area contributed by atoms with Crippen LogP contribution >= 0.6 is 11.8 Å². The average Bonchev–Trinajstić information content (AvgIpc) is 2.80. The van der Waals surface area contributed by atoms with Gasteiger partial charge in [-0.25, -0.2) is 0 Å². The summed E-state index contributed by atoms with van der Waals surface area (Å²) in [4.78, 5) is 27.1. The molecule has 1 aromatic carbocycles. The molecule has 1 aromatic rings. The quantitative estimate of drug-likeness (QED) is 0.765. The fraction of sp³-hybridized carbons (Fsp3) is 0.500. The van der Waals surface area contributed by atoms with Crippen molar-refractivity contribution < 1.29 is 14.5 Å². The molecule has 22 heavy (non-hydrogen) atoms. The molecule has 0 spiro atoms. The van der Waals surface area contributed by atoms with Gasteiger partial charge in [0.1, 0.15) is 11.9 Å². The summed E-state index contributed by atoms with van der Waals surface area (Å²) in [6.45, 7) is 3.67. The lowest BCUT2D eigenvalue weighted by Crippen LogP contribution is -3.06. The Hall–Kier alpha value is -1.53. The van der Waals surface area contributed by atoms with Crippen molar-refractivity contribution in [3.8, 4) is 0 Å². The Kier molecular flexibility index (Phi) is 5.85. The molecular formula is C16H24N3O2S+. The summed E-state index contributed by atoms with van der Waals surface area (Å²) in [7, 11) is 4.09. The molecule has 0 radical (unpaired) electrons. The highest BCUT2D eigenvalue weighted by molar-refractivity contribution is 8.00. The van der Waals surface area contributed by atoms with E-state index in [1.165, 1.54) is 4.90 Å². The number of amides is 2. The number of hydrogen-bond donors (Lipinski definition) is 2. The molecule has 5 nitrogen and oxygen atoms in total. The standard InChI is InChI=1S/C16H23N3O2S/c1-12-6-4-5-7-13(12)16-19(15(21)11-22-16)10-14(20)17-8-9-18(2)3/h4-7,16H,8-11H2,1-3H3,(H,17,20)/p+1/t16-/m1/s1. The van der Waals surface area contributed by atoms with Crippen LogP contribution in [0.1, 0.15) is 16.5 Å². The lowest BCUT2D eigenvalue weighted by atomic mass is 10.1. The van der Waals surface area contributed by atoms with E-state index in [-0.39, 0.29) is 23.7 Å². The zero-order valence-corrected chi connectivity index (χ0v) is 14.2. The third-order valence-electron chi connectivity index (χ3n) is 3.68. The van der Waals surface area contributed by atoms with Crippen molar-refractivity contribution in [3.05, 3.63) is 35.4 Å². The summed E-state index contributed by atoms with van der Waals surface area (Å²) in [5.41, 5.74) is 2.26. The number of thioether (sulfide) groups is 1. The first kappa shape index (κ1) is 16.8. The first-order chi connectivity index (χ1) is 10.5. The van der Waals surface area contributed by atoms with Crippen molar-refractivity contribution in [2.45, 2.75) is 12.3 Å². The molecule has 1 atom stereocenters. The van der Waals surface area contributed by atoms with Gasteiger partial charge in [0.2, 0.25) is 11.8 Å². The Labute approximate surface area is 136 Å². The van der Waals surface area contributed by atoms with E-state index in [9.17, 15) is 9.59 Å². The van der Waals surface area contributed by atoms with Crippen LogP contribution in [-0.2, 0) is 9.59 Å². The SMILES string of the molecule is Cc1ccccc1[C@H]1SCC(=O)N1CC(=O)NCC[NH+](C)C. The third-order valence-corrected chi connectivity index (χ3v) is 4.92. The molecule has 6 heteroatoms. The first-order valence-corrected chi connectivity index (χ1v) is 8.56. The molecule has 0 aliphatic carbocycles. The predicted molar refractivity (Wildman–Crippen MR) is 88.8 cm³/mol. The van der Waals surface area contributed by atoms with Gasteiger partial charge in [0.15, 0.2) is 0 Å². The van der Waals surface area contributed by atoms with Crippen LogP contribution in [-0.4, -0.2) is 56.2 Å². The topological polar surface area (TPSA) is 53.9 Å². The van der Waals surface area contributed by atoms with Gasteiger partial charge in [0.25, 0.3) is 0 Å². The first-order valence-electron chi connectivity index (χ1n) is 7.51. The molecule has 0 saturated carbocycles. The van der Waals surface area contributed by atoms with E-state index in [4.69, 9.17) is 0 Å². The number of rotatable bonds is 6. The summed E-state index contributed by atoms with van der Waals surface area (Å²) in [5.74, 6) is 0.385. The van der Waals surface area contributed by atoms with Crippen LogP contribution in [0.3, 0.4) is 0 Å². The van der Waals surface area contributed by atoms with Crippen LogP contribution in [0, 0.1) is 6.92 Å². The monoisotopic (exact) mass is 322 g/mol. The number of nitrogens with zero attached hydrogens (tertiary/aromatic N) is 1. The zero-order valence-electron chi connectivity index (χ0n) is 13.4. The van der Waals surface area contributed by atoms with Gasteiger partial charge in [-0.15, -0.1) is 11.8 Å². The van der Waals surface area contributed by atoms with Crippen molar-refractivity contribution in [1.82, 2.24) is 10.2 Å². The van der Waals surface area contributed by atoms with Gasteiger partial charge in [-0.05, 0) is 18.1 Å². The minimum atomic E-state index is -0.0873. The summed E-state index contributed by atoms with van der Waals surface area (Å²) in [5, 5.41) is 2.83. The van der Waals surface area contributed by atoms with Crippen LogP contribution in [0.2, 0.25) is 0 Å². The van der Waals surface area contributed by atoms with Crippen molar-refractivity contribution in [1.29, 1.82) is 0 Å². The van der Waals surface area contributed by atoms with Crippen LogP contribution in [0.4, 0.5) is 0 Å². The number of hydrogen-bond acceptors (Lipinski definition) is 3. The fourth-order valence-electron chi connectivity index (χ4n) is 2.41. The number of benzene rings is 1. The molecule has 2 amide bonds. The van der Waals surface area contributed by atoms with Crippen molar-refractivity contribution in [3.63, 3.8) is 0 Å². The Morgan fingerprint density at radius 3 is 2.82 bits per heavy atom. The van der Waals surface area contributed by atoms with E-state index in [1.54, 1.807) is 16.7 Å². The Morgan fingerprint density at radius 1 is 1.41 bits per heavy atom. The van der Waals surface area contributed by atoms with Gasteiger partial charge < -0.3 is 15.1 Å². The van der Waals surface area contributed by atoms with E-state index >= 15 is 0 Å². The highest BCUT2D eigenvalue weighted by Gasteiger charge is 2.34. The van der Waals surface area contributed by atoms with Crippen molar-refractivity contribution >= 4 is 23.6 Å². The number of likely N-dealkylation sites (N-methyl/N-ethyl adjacent to an activating group) is 1. The van der Waals surface area contributed by atoms with Gasteiger partial charge in [-0.1, -0.05) is 24.3 Å². The summed E-state index contributed by atoms with van der Waals surface area (Å²) in [6, 6.07) is 8.04. The van der Waals surface area contributed by atoms with Gasteiger partial charge in [0, 0.05) is 0 Å². The lowest BCUT2D eigenvalue weighted by molar-refractivity contribution is -0.856. The lowest BCUT2D eigenvalue weighted by Gasteiger charge is -2.25. The van der Waals surface area contributed by atoms with E-state index in [0.717, 1.165) is 17.7 Å². The van der Waals surface area contributed by atoms with E-state index < -0.39 is 0 Å². The summed E-state index contributed by atoms with van der Waals surface area (Å²) in [6.07, 6.45) is 0. The third kappa shape index (κ3) is 4.24. The molecule has 120 valence electrons. The Balaban J connectivity index is 2.00. The second-order valence-electron chi connectivity index (χ2n) is 5.85. The summed E-state index contributed by atoms with van der Waals surface area (Å²) < 4.78 is 0. The van der Waals surface area contributed by atoms with E-state index in [1.807, 2.05) is 45.3 Å². The summed E-state index contributed by atoms with van der Waals surface area (Å²) >= 11 is 1.59. The molecule has 0 aromatic heterocycles. The van der Waals surface area contributed by atoms with Crippen LogP contribution < -0.4 is 10.2 Å². The van der Waals surface area contributed by atoms with Crippen LogP contribution in [0.15, 0.2) is 24.3 Å². The predicted octanol–water partition coefficient (Wildman–Crippen LogP) is -0.170. The second-order valence-corrected chi connectivity index (χ2v) is 6.92. The molecule has 0 unspecified atom stereocenters. The maximum absolute atomic E-state index is 12.1. The van der Waals surface area contributed by atoms with Crippen LogP contribution in [0.5, 0.6) is 0 Å². The molecule has 2 N–H and O–H groups in total. The van der Waals surface area contributed by atoms with E-state index in [0.29, 0.717) is 12.3 Å². The van der Waals surface area contributed by atoms with E-state index in [2.05, 4.69) is 5.32 Å². The second kappa shape index (κ2) is 7.65. The molecule has 2 rings (SSSR count). The molecule has 1 aliphatic heterocycles. The van der Waals surface area contributed by atoms with Crippen LogP contribution in [0.25, 0.3) is 0 Å². The molecular weight excluding hydrogens is 298 g/mol. The number of nitrogens with one attached hydrogen (secondary N) is 2. The fourth-order valence-corrected chi connectivity index (χ4v) is 3.69. The number of carbonyl (C=O) groups excluding carboxylic acids is 2. The van der Waals surface area contributed by atoms with Gasteiger partial charge in [-0.2, -0.15) is 0 Å². The molecule has 0 bridgehead atoms.